The molecule has 5 nitrogen and oxygen atoms in total. The molecule has 242 valence electrons. The van der Waals surface area contributed by atoms with Crippen molar-refractivity contribution < 1.29 is 4.42 Å². The van der Waals surface area contributed by atoms with Gasteiger partial charge in [0.05, 0.1) is 11.0 Å². The zero-order chi connectivity index (χ0) is 34.2. The number of nitrogens with zero attached hydrogens (tertiary/aromatic N) is 4. The van der Waals surface area contributed by atoms with Gasteiger partial charge in [-0.1, -0.05) is 127 Å². The molecule has 0 radical (unpaired) electrons. The van der Waals surface area contributed by atoms with Crippen molar-refractivity contribution in [1.82, 2.24) is 19.5 Å². The lowest BCUT2D eigenvalue weighted by Gasteiger charge is -2.11. The topological polar surface area (TPSA) is 56.7 Å². The molecule has 0 saturated heterocycles. The molecule has 0 unspecified atom stereocenters. The van der Waals surface area contributed by atoms with Crippen LogP contribution in [0, 0.1) is 0 Å². The molecule has 0 aliphatic heterocycles. The van der Waals surface area contributed by atoms with Gasteiger partial charge in [0.15, 0.2) is 17.5 Å². The van der Waals surface area contributed by atoms with Crippen LogP contribution in [0.1, 0.15) is 0 Å². The van der Waals surface area contributed by atoms with Crippen molar-refractivity contribution in [3.8, 4) is 39.9 Å². The van der Waals surface area contributed by atoms with Crippen LogP contribution < -0.4 is 0 Å². The fourth-order valence-corrected chi connectivity index (χ4v) is 7.80. The number of rotatable bonds is 4. The van der Waals surface area contributed by atoms with E-state index in [1.807, 2.05) is 30.3 Å². The normalized spacial score (nSPS) is 11.8. The number of aromatic nitrogens is 4. The largest absolute Gasteiger partial charge is 0.455 e. The first-order chi connectivity index (χ1) is 25.8. The molecule has 3 heterocycles. The van der Waals surface area contributed by atoms with Crippen LogP contribution in [0.4, 0.5) is 0 Å². The van der Waals surface area contributed by atoms with Crippen molar-refractivity contribution in [3.63, 3.8) is 0 Å². The molecule has 0 fully saturated rings. The molecule has 0 bridgehead atoms. The molecule has 0 atom stereocenters. The fourth-order valence-electron chi connectivity index (χ4n) is 7.80. The molecule has 3 aromatic heterocycles. The van der Waals surface area contributed by atoms with Crippen molar-refractivity contribution in [2.45, 2.75) is 0 Å². The second kappa shape index (κ2) is 11.2. The van der Waals surface area contributed by atoms with Gasteiger partial charge < -0.3 is 8.98 Å². The summed E-state index contributed by atoms with van der Waals surface area (Å²) in [7, 11) is 0. The van der Waals surface area contributed by atoms with Gasteiger partial charge >= 0.3 is 0 Å². The summed E-state index contributed by atoms with van der Waals surface area (Å²) >= 11 is 0. The first-order valence-electron chi connectivity index (χ1n) is 17.4. The monoisotopic (exact) mass is 664 g/mol. The molecule has 8 aromatic carbocycles. The summed E-state index contributed by atoms with van der Waals surface area (Å²) in [6.07, 6.45) is 0. The van der Waals surface area contributed by atoms with E-state index in [9.17, 15) is 0 Å². The summed E-state index contributed by atoms with van der Waals surface area (Å²) in [6.45, 7) is 0. The molecule has 0 spiro atoms. The Hall–Kier alpha value is -7.11. The van der Waals surface area contributed by atoms with Gasteiger partial charge in [-0.25, -0.2) is 15.0 Å². The quantitative estimate of drug-likeness (QED) is 0.176. The molecular formula is C47H28N4O. The van der Waals surface area contributed by atoms with E-state index in [1.54, 1.807) is 0 Å². The summed E-state index contributed by atoms with van der Waals surface area (Å²) in [5.41, 5.74) is 7.73. The molecule has 11 rings (SSSR count). The van der Waals surface area contributed by atoms with Gasteiger partial charge in [-0.2, -0.15) is 0 Å². The van der Waals surface area contributed by atoms with E-state index in [0.717, 1.165) is 66.1 Å². The Morgan fingerprint density at radius 3 is 1.73 bits per heavy atom. The lowest BCUT2D eigenvalue weighted by Crippen LogP contribution is -2.01. The summed E-state index contributed by atoms with van der Waals surface area (Å²) in [5, 5.41) is 9.26. The Morgan fingerprint density at radius 2 is 0.962 bits per heavy atom. The van der Waals surface area contributed by atoms with Gasteiger partial charge in [-0.15, -0.1) is 0 Å². The third-order valence-corrected chi connectivity index (χ3v) is 10.2. The molecule has 0 saturated carbocycles. The number of furan rings is 1. The fraction of sp³-hybridized carbons (Fsp3) is 0. The van der Waals surface area contributed by atoms with Crippen LogP contribution in [-0.4, -0.2) is 19.5 Å². The Bertz CT molecular complexity index is 3140. The zero-order valence-electron chi connectivity index (χ0n) is 27.9. The van der Waals surface area contributed by atoms with Crippen LogP contribution in [0.25, 0.3) is 105 Å². The first kappa shape index (κ1) is 28.7. The van der Waals surface area contributed by atoms with Crippen LogP contribution in [0.15, 0.2) is 174 Å². The first-order valence-corrected chi connectivity index (χ1v) is 17.4. The van der Waals surface area contributed by atoms with Crippen molar-refractivity contribution in [1.29, 1.82) is 0 Å². The minimum Gasteiger partial charge on any atom is -0.455 e. The molecule has 5 heteroatoms. The Kier molecular flexibility index (Phi) is 6.18. The third-order valence-electron chi connectivity index (χ3n) is 10.2. The van der Waals surface area contributed by atoms with Gasteiger partial charge in [0, 0.05) is 49.3 Å². The van der Waals surface area contributed by atoms with Crippen molar-refractivity contribution >= 4 is 65.3 Å². The Labute approximate surface area is 298 Å². The van der Waals surface area contributed by atoms with E-state index in [-0.39, 0.29) is 0 Å². The maximum Gasteiger partial charge on any atom is 0.164 e. The van der Waals surface area contributed by atoms with Crippen LogP contribution in [-0.2, 0) is 0 Å². The summed E-state index contributed by atoms with van der Waals surface area (Å²) < 4.78 is 9.04. The highest BCUT2D eigenvalue weighted by molar-refractivity contribution is 6.23. The molecule has 0 aliphatic rings. The van der Waals surface area contributed by atoms with Gasteiger partial charge in [0.1, 0.15) is 11.2 Å². The number of benzene rings is 8. The predicted molar refractivity (Wildman–Crippen MR) is 213 cm³/mol. The van der Waals surface area contributed by atoms with E-state index >= 15 is 0 Å². The minimum atomic E-state index is 0.587. The molecule has 0 N–H and O–H groups in total. The Balaban J connectivity index is 1.10. The van der Waals surface area contributed by atoms with Gasteiger partial charge in [-0.3, -0.25) is 0 Å². The van der Waals surface area contributed by atoms with Crippen LogP contribution in [0.2, 0.25) is 0 Å². The smallest absolute Gasteiger partial charge is 0.164 e. The standard InChI is InChI=1S/C47H28N4O/c1-2-12-31(13-3-1)45-48-46(32-14-10-15-34(27-32)51-40-19-8-6-17-36(40)37-18-7-9-20-41(37)51)50-47(49-45)33-24-25-38-39-26-23-30-22-21-29-11-4-5-16-35(29)43(30)44(39)52-42(38)28-33/h1-28H. The summed E-state index contributed by atoms with van der Waals surface area (Å²) in [6, 6.07) is 59.1. The molecule has 11 aromatic rings. The van der Waals surface area contributed by atoms with Crippen LogP contribution in [0.5, 0.6) is 0 Å². The third kappa shape index (κ3) is 4.39. The SMILES string of the molecule is c1ccc(-c2nc(-c3cccc(-n4c5ccccc5c5ccccc54)c3)nc(-c3ccc4c(c3)oc3c4ccc4ccc5ccccc5c43)n2)cc1. The lowest BCUT2D eigenvalue weighted by molar-refractivity contribution is 0.673. The van der Waals surface area contributed by atoms with E-state index in [0.29, 0.717) is 17.5 Å². The second-order valence-corrected chi connectivity index (χ2v) is 13.2. The summed E-state index contributed by atoms with van der Waals surface area (Å²) in [4.78, 5) is 15.2. The molecular weight excluding hydrogens is 637 g/mol. The maximum atomic E-state index is 6.72. The highest BCUT2D eigenvalue weighted by Crippen LogP contribution is 2.39. The van der Waals surface area contributed by atoms with Crippen molar-refractivity contribution in [2.24, 2.45) is 0 Å². The van der Waals surface area contributed by atoms with Gasteiger partial charge in [0.2, 0.25) is 0 Å². The van der Waals surface area contributed by atoms with E-state index < -0.39 is 0 Å². The highest BCUT2D eigenvalue weighted by Gasteiger charge is 2.18. The van der Waals surface area contributed by atoms with Crippen LogP contribution in [0.3, 0.4) is 0 Å². The zero-order valence-corrected chi connectivity index (χ0v) is 27.9. The predicted octanol–water partition coefficient (Wildman–Crippen LogP) is 12.2. The maximum absolute atomic E-state index is 6.72. The second-order valence-electron chi connectivity index (χ2n) is 13.2. The average molecular weight is 665 g/mol. The number of hydrogen-bond donors (Lipinski definition) is 0. The Morgan fingerprint density at radius 1 is 0.385 bits per heavy atom. The van der Waals surface area contributed by atoms with Crippen LogP contribution >= 0.6 is 0 Å². The minimum absolute atomic E-state index is 0.587. The van der Waals surface area contributed by atoms with Gasteiger partial charge in [0.25, 0.3) is 0 Å². The van der Waals surface area contributed by atoms with Crippen molar-refractivity contribution in [2.75, 3.05) is 0 Å². The number of hydrogen-bond acceptors (Lipinski definition) is 4. The molecule has 0 amide bonds. The summed E-state index contributed by atoms with van der Waals surface area (Å²) in [5.74, 6) is 1.81. The van der Waals surface area contributed by atoms with E-state index in [2.05, 4.69) is 144 Å². The van der Waals surface area contributed by atoms with E-state index in [1.165, 1.54) is 21.5 Å². The number of para-hydroxylation sites is 2. The van der Waals surface area contributed by atoms with Gasteiger partial charge in [-0.05, 0) is 58.6 Å². The lowest BCUT2D eigenvalue weighted by atomic mass is 9.99. The van der Waals surface area contributed by atoms with E-state index in [4.69, 9.17) is 19.4 Å². The molecule has 0 aliphatic carbocycles. The van der Waals surface area contributed by atoms with Crippen molar-refractivity contribution in [3.05, 3.63) is 170 Å². The number of fused-ring (bicyclic) bond motifs is 10. The highest BCUT2D eigenvalue weighted by atomic mass is 16.3. The molecule has 52 heavy (non-hydrogen) atoms. The average Bonchev–Trinajstić information content (AvgIpc) is 3.76.